The van der Waals surface area contributed by atoms with E-state index in [9.17, 15) is 9.59 Å². The number of aldehydes is 1. The van der Waals surface area contributed by atoms with Gasteiger partial charge in [0, 0.05) is 6.42 Å². The first-order valence-electron chi connectivity index (χ1n) is 4.16. The maximum atomic E-state index is 11.4. The number of cyclic esters (lactones) is 1. The number of carbonyl (C=O) groups is 2. The van der Waals surface area contributed by atoms with Gasteiger partial charge < -0.3 is 4.74 Å². The van der Waals surface area contributed by atoms with E-state index >= 15 is 0 Å². The lowest BCUT2D eigenvalue weighted by molar-refractivity contribution is -0.115. The van der Waals surface area contributed by atoms with Crippen molar-refractivity contribution in [1.82, 2.24) is 0 Å². The Morgan fingerprint density at radius 2 is 2.29 bits per heavy atom. The van der Waals surface area contributed by atoms with Crippen molar-refractivity contribution in [1.29, 1.82) is 0 Å². The molecule has 0 fully saturated rings. The number of benzene rings is 1. The van der Waals surface area contributed by atoms with Gasteiger partial charge in [-0.2, -0.15) is 0 Å². The molecule has 1 aromatic rings. The quantitative estimate of drug-likeness (QED) is 0.523. The van der Waals surface area contributed by atoms with Crippen LogP contribution >= 0.6 is 11.6 Å². The van der Waals surface area contributed by atoms with Crippen molar-refractivity contribution in [3.8, 4) is 0 Å². The highest BCUT2D eigenvalue weighted by atomic mass is 35.5. The van der Waals surface area contributed by atoms with Crippen LogP contribution in [0.3, 0.4) is 0 Å². The van der Waals surface area contributed by atoms with Crippen LogP contribution in [0.4, 0.5) is 0 Å². The summed E-state index contributed by atoms with van der Waals surface area (Å²) < 4.78 is 4.85. The van der Waals surface area contributed by atoms with Crippen LogP contribution in [0.2, 0.25) is 5.02 Å². The number of fused-ring (bicyclic) bond motifs is 1. The van der Waals surface area contributed by atoms with E-state index in [2.05, 4.69) is 0 Å². The average molecular weight is 211 g/mol. The second-order valence-electron chi connectivity index (χ2n) is 3.06. The summed E-state index contributed by atoms with van der Waals surface area (Å²) in [6.07, 6.45) is 0.362. The summed E-state index contributed by atoms with van der Waals surface area (Å²) in [7, 11) is 0. The van der Waals surface area contributed by atoms with E-state index in [1.165, 1.54) is 0 Å². The van der Waals surface area contributed by atoms with Crippen LogP contribution in [-0.4, -0.2) is 18.4 Å². The van der Waals surface area contributed by atoms with Gasteiger partial charge in [0.15, 0.2) is 12.4 Å². The number of ether oxygens (including phenoxy) is 1. The molecule has 1 aliphatic heterocycles. The Morgan fingerprint density at radius 3 is 3.00 bits per heavy atom. The van der Waals surface area contributed by atoms with Gasteiger partial charge in [-0.1, -0.05) is 23.7 Å². The lowest BCUT2D eigenvalue weighted by Crippen LogP contribution is -2.28. The van der Waals surface area contributed by atoms with E-state index < -0.39 is 12.1 Å². The van der Waals surface area contributed by atoms with E-state index in [0.29, 0.717) is 23.3 Å². The maximum Gasteiger partial charge on any atom is 0.340 e. The standard InChI is InChI=1S/C10H7ClO3/c11-8-3-1-2-6-4-7(5-12)14-10(13)9(6)8/h1-3,5,7H,4H2. The highest BCUT2D eigenvalue weighted by molar-refractivity contribution is 6.33. The Balaban J connectivity index is 2.49. The van der Waals surface area contributed by atoms with Crippen LogP contribution in [0, 0.1) is 0 Å². The topological polar surface area (TPSA) is 43.4 Å². The number of hydrogen-bond acceptors (Lipinski definition) is 3. The third kappa shape index (κ3) is 1.40. The van der Waals surface area contributed by atoms with Crippen LogP contribution < -0.4 is 0 Å². The van der Waals surface area contributed by atoms with Crippen LogP contribution in [0.15, 0.2) is 18.2 Å². The molecule has 0 spiro atoms. The fraction of sp³-hybridized carbons (Fsp3) is 0.200. The second-order valence-corrected chi connectivity index (χ2v) is 3.47. The molecule has 0 aliphatic carbocycles. The molecule has 0 saturated heterocycles. The molecule has 0 radical (unpaired) electrons. The van der Waals surface area contributed by atoms with Crippen LogP contribution in [0.1, 0.15) is 15.9 Å². The van der Waals surface area contributed by atoms with Crippen molar-refractivity contribution in [3.05, 3.63) is 34.3 Å². The van der Waals surface area contributed by atoms with Gasteiger partial charge in [0.1, 0.15) is 0 Å². The number of halogens is 1. The summed E-state index contributed by atoms with van der Waals surface area (Å²) in [6, 6.07) is 5.16. The van der Waals surface area contributed by atoms with E-state index in [0.717, 1.165) is 5.56 Å². The van der Waals surface area contributed by atoms with Gasteiger partial charge in [-0.25, -0.2) is 4.79 Å². The number of carbonyl (C=O) groups excluding carboxylic acids is 2. The van der Waals surface area contributed by atoms with Crippen molar-refractivity contribution in [2.75, 3.05) is 0 Å². The zero-order valence-corrected chi connectivity index (χ0v) is 7.95. The molecule has 0 bridgehead atoms. The fourth-order valence-corrected chi connectivity index (χ4v) is 1.77. The smallest absolute Gasteiger partial charge is 0.340 e. The summed E-state index contributed by atoms with van der Waals surface area (Å²) in [4.78, 5) is 21.9. The highest BCUT2D eigenvalue weighted by Crippen LogP contribution is 2.26. The SMILES string of the molecule is O=CC1Cc2cccc(Cl)c2C(=O)O1. The second kappa shape index (κ2) is 3.42. The van der Waals surface area contributed by atoms with E-state index in [1.54, 1.807) is 18.2 Å². The Bertz CT molecular complexity index is 400. The summed E-state index contributed by atoms with van der Waals surface area (Å²) in [5, 5.41) is 0.372. The van der Waals surface area contributed by atoms with Crippen LogP contribution in [0.5, 0.6) is 0 Å². The van der Waals surface area contributed by atoms with Crippen molar-refractivity contribution >= 4 is 23.9 Å². The van der Waals surface area contributed by atoms with Crippen molar-refractivity contribution in [3.63, 3.8) is 0 Å². The predicted octanol–water partition coefficient (Wildman–Crippen LogP) is 1.62. The van der Waals surface area contributed by atoms with E-state index in [-0.39, 0.29) is 0 Å². The molecule has 1 aromatic carbocycles. The third-order valence-corrected chi connectivity index (χ3v) is 2.45. The highest BCUT2D eigenvalue weighted by Gasteiger charge is 2.27. The minimum absolute atomic E-state index is 0.372. The zero-order valence-electron chi connectivity index (χ0n) is 7.20. The molecular weight excluding hydrogens is 204 g/mol. The molecule has 0 amide bonds. The van der Waals surface area contributed by atoms with Gasteiger partial charge >= 0.3 is 5.97 Å². The summed E-state index contributed by atoms with van der Waals surface area (Å²) in [5.41, 5.74) is 1.15. The largest absolute Gasteiger partial charge is 0.451 e. The fourth-order valence-electron chi connectivity index (χ4n) is 1.50. The minimum Gasteiger partial charge on any atom is -0.451 e. The monoisotopic (exact) mass is 210 g/mol. The summed E-state index contributed by atoms with van der Waals surface area (Å²) in [5.74, 6) is -0.519. The molecule has 1 unspecified atom stereocenters. The summed E-state index contributed by atoms with van der Waals surface area (Å²) >= 11 is 5.84. The molecule has 14 heavy (non-hydrogen) atoms. The normalized spacial score (nSPS) is 19.8. The van der Waals surface area contributed by atoms with Crippen LogP contribution in [-0.2, 0) is 16.0 Å². The van der Waals surface area contributed by atoms with Gasteiger partial charge in [-0.15, -0.1) is 0 Å². The zero-order chi connectivity index (χ0) is 10.1. The molecule has 1 atom stereocenters. The van der Waals surface area contributed by atoms with Gasteiger partial charge in [0.25, 0.3) is 0 Å². The van der Waals surface area contributed by atoms with Gasteiger partial charge in [0.2, 0.25) is 0 Å². The molecule has 0 aromatic heterocycles. The first-order chi connectivity index (χ1) is 6.72. The lowest BCUT2D eigenvalue weighted by Gasteiger charge is -2.21. The first-order valence-corrected chi connectivity index (χ1v) is 4.54. The molecule has 0 N–H and O–H groups in total. The molecular formula is C10H7ClO3. The van der Waals surface area contributed by atoms with Crippen molar-refractivity contribution in [2.45, 2.75) is 12.5 Å². The van der Waals surface area contributed by atoms with Crippen LogP contribution in [0.25, 0.3) is 0 Å². The molecule has 3 nitrogen and oxygen atoms in total. The number of rotatable bonds is 1. The van der Waals surface area contributed by atoms with E-state index in [4.69, 9.17) is 16.3 Å². The molecule has 72 valence electrons. The Kier molecular flexibility index (Phi) is 2.25. The molecule has 0 saturated carbocycles. The average Bonchev–Trinajstić information content (AvgIpc) is 2.17. The Morgan fingerprint density at radius 1 is 1.50 bits per heavy atom. The minimum atomic E-state index is -0.673. The van der Waals surface area contributed by atoms with Gasteiger partial charge in [-0.05, 0) is 11.6 Å². The number of esters is 1. The summed E-state index contributed by atoms with van der Waals surface area (Å²) in [6.45, 7) is 0. The first kappa shape index (κ1) is 9.21. The Labute approximate surface area is 85.6 Å². The predicted molar refractivity (Wildman–Crippen MR) is 50.4 cm³/mol. The van der Waals surface area contributed by atoms with E-state index in [1.807, 2.05) is 0 Å². The maximum absolute atomic E-state index is 11.4. The lowest BCUT2D eigenvalue weighted by atomic mass is 9.99. The molecule has 1 heterocycles. The molecule has 1 aliphatic rings. The molecule has 2 rings (SSSR count). The van der Waals surface area contributed by atoms with Crippen molar-refractivity contribution in [2.24, 2.45) is 0 Å². The third-order valence-electron chi connectivity index (χ3n) is 2.14. The van der Waals surface area contributed by atoms with Gasteiger partial charge in [-0.3, -0.25) is 4.79 Å². The van der Waals surface area contributed by atoms with Crippen molar-refractivity contribution < 1.29 is 14.3 Å². The Hall–Kier alpha value is -1.35. The number of hydrogen-bond donors (Lipinski definition) is 0. The van der Waals surface area contributed by atoms with Gasteiger partial charge in [0.05, 0.1) is 10.6 Å². The molecule has 4 heteroatoms.